The highest BCUT2D eigenvalue weighted by molar-refractivity contribution is 6.00. The molecule has 3 aromatic carbocycles. The fourth-order valence-electron chi connectivity index (χ4n) is 5.46. The zero-order valence-corrected chi connectivity index (χ0v) is 23.8. The number of para-hydroxylation sites is 1. The summed E-state index contributed by atoms with van der Waals surface area (Å²) in [6.45, 7) is 5.55. The maximum absolute atomic E-state index is 13.7. The summed E-state index contributed by atoms with van der Waals surface area (Å²) in [6.07, 6.45) is 0.939. The largest absolute Gasteiger partial charge is 0.378 e. The Kier molecular flexibility index (Phi) is 8.56. The molecule has 3 aromatic rings. The van der Waals surface area contributed by atoms with E-state index >= 15 is 0 Å². The van der Waals surface area contributed by atoms with Gasteiger partial charge in [-0.15, -0.1) is 0 Å². The molecule has 0 radical (unpaired) electrons. The number of anilines is 3. The molecule has 9 nitrogen and oxygen atoms in total. The van der Waals surface area contributed by atoms with E-state index in [2.05, 4.69) is 16.0 Å². The molecule has 0 bridgehead atoms. The van der Waals surface area contributed by atoms with Crippen molar-refractivity contribution in [3.05, 3.63) is 78.1 Å². The Morgan fingerprint density at radius 1 is 1.07 bits per heavy atom. The van der Waals surface area contributed by atoms with Gasteiger partial charge in [0.2, 0.25) is 11.8 Å². The Labute approximate surface area is 244 Å². The number of aryl methyl sites for hydroxylation is 1. The lowest BCUT2D eigenvalue weighted by Crippen LogP contribution is -2.56. The van der Waals surface area contributed by atoms with Crippen molar-refractivity contribution >= 4 is 34.9 Å². The molecule has 5 rings (SSSR count). The summed E-state index contributed by atoms with van der Waals surface area (Å²) in [5, 5.41) is 8.76. The maximum Gasteiger partial charge on any atom is 0.322 e. The van der Waals surface area contributed by atoms with E-state index in [1.54, 1.807) is 36.9 Å². The van der Waals surface area contributed by atoms with Crippen LogP contribution in [-0.2, 0) is 20.7 Å². The molecule has 2 aliphatic rings. The van der Waals surface area contributed by atoms with E-state index < -0.39 is 23.3 Å². The summed E-state index contributed by atoms with van der Waals surface area (Å²) in [5.41, 5.74) is 9.45. The van der Waals surface area contributed by atoms with Gasteiger partial charge in [0.05, 0.1) is 24.4 Å². The van der Waals surface area contributed by atoms with Crippen LogP contribution in [0.5, 0.6) is 0 Å². The smallest absolute Gasteiger partial charge is 0.322 e. The number of carbonyl (C=O) groups is 3. The molecule has 42 heavy (non-hydrogen) atoms. The number of benzene rings is 3. The third-order valence-electron chi connectivity index (χ3n) is 8.35. The number of hydrogen-bond donors (Lipinski definition) is 4. The number of fused-ring (bicyclic) bond motifs is 1. The van der Waals surface area contributed by atoms with Crippen molar-refractivity contribution in [3.63, 3.8) is 0 Å². The van der Waals surface area contributed by atoms with E-state index in [4.69, 9.17) is 10.5 Å². The predicted molar refractivity (Wildman–Crippen MR) is 161 cm³/mol. The number of halogens is 1. The average molecular weight is 574 g/mol. The third kappa shape index (κ3) is 6.29. The Bertz CT molecular complexity index is 1470. The lowest BCUT2D eigenvalue weighted by molar-refractivity contribution is -0.126. The summed E-state index contributed by atoms with van der Waals surface area (Å²) in [4.78, 5) is 40.9. The second kappa shape index (κ2) is 12.3. The minimum atomic E-state index is -1.36. The molecule has 0 aliphatic carbocycles. The molecule has 4 amide bonds. The van der Waals surface area contributed by atoms with Gasteiger partial charge in [0.25, 0.3) is 0 Å². The first-order valence-corrected chi connectivity index (χ1v) is 14.2. The number of carbonyl (C=O) groups excluding carboxylic acids is 3. The van der Waals surface area contributed by atoms with Crippen molar-refractivity contribution < 1.29 is 23.5 Å². The Morgan fingerprint density at radius 2 is 1.79 bits per heavy atom. The van der Waals surface area contributed by atoms with Gasteiger partial charge in [-0.25, -0.2) is 9.18 Å². The zero-order valence-electron chi connectivity index (χ0n) is 23.8. The standard InChI is InChI=1S/C32H36FN5O4/c1-20(25-13-9-22-19-23(33)10-14-27(22)36-29(25)39)32(2,34)30(40)35-24-11-7-21(8-12-24)26-5-3-4-6-28(26)37-31(41)38-15-17-42-18-16-38/h3-8,10-12,14,19-20,25H,9,13,15-18,34H2,1-2H3,(H,35,40)(H,36,39)(H,37,41)/t20-,25?,32?/m1/s1. The minimum Gasteiger partial charge on any atom is -0.378 e. The van der Waals surface area contributed by atoms with Crippen LogP contribution in [-0.4, -0.2) is 54.6 Å². The molecule has 0 aromatic heterocycles. The number of nitrogens with zero attached hydrogens (tertiary/aromatic N) is 1. The molecule has 0 saturated carbocycles. The molecule has 1 fully saturated rings. The van der Waals surface area contributed by atoms with Crippen molar-refractivity contribution in [1.29, 1.82) is 0 Å². The number of nitrogens with one attached hydrogen (secondary N) is 3. The van der Waals surface area contributed by atoms with Crippen LogP contribution in [0.15, 0.2) is 66.7 Å². The van der Waals surface area contributed by atoms with E-state index in [-0.39, 0.29) is 17.8 Å². The topological polar surface area (TPSA) is 126 Å². The van der Waals surface area contributed by atoms with E-state index in [0.29, 0.717) is 56.2 Å². The van der Waals surface area contributed by atoms with Crippen LogP contribution in [0.3, 0.4) is 0 Å². The SMILES string of the molecule is C[C@H](C1CCc2cc(F)ccc2NC1=O)C(C)(N)C(=O)Nc1ccc(-c2ccccc2NC(=O)N2CCOCC2)cc1. The molecular weight excluding hydrogens is 537 g/mol. The van der Waals surface area contributed by atoms with Gasteiger partial charge in [0.15, 0.2) is 0 Å². The predicted octanol–water partition coefficient (Wildman–Crippen LogP) is 4.85. The molecule has 5 N–H and O–H groups in total. The molecule has 0 spiro atoms. The van der Waals surface area contributed by atoms with Crippen molar-refractivity contribution in [2.45, 2.75) is 32.2 Å². The van der Waals surface area contributed by atoms with Gasteiger partial charge in [-0.2, -0.15) is 0 Å². The maximum atomic E-state index is 13.7. The van der Waals surface area contributed by atoms with Crippen LogP contribution >= 0.6 is 0 Å². The highest BCUT2D eigenvalue weighted by Gasteiger charge is 2.42. The average Bonchev–Trinajstić information content (AvgIpc) is 3.15. The van der Waals surface area contributed by atoms with Crippen molar-refractivity contribution in [2.75, 3.05) is 42.3 Å². The fourth-order valence-corrected chi connectivity index (χ4v) is 5.46. The fraction of sp³-hybridized carbons (Fsp3) is 0.344. The second-order valence-electron chi connectivity index (χ2n) is 11.1. The number of hydrogen-bond acceptors (Lipinski definition) is 5. The first-order chi connectivity index (χ1) is 20.1. The Morgan fingerprint density at radius 3 is 2.52 bits per heavy atom. The third-order valence-corrected chi connectivity index (χ3v) is 8.35. The van der Waals surface area contributed by atoms with Gasteiger partial charge in [-0.1, -0.05) is 37.3 Å². The minimum absolute atomic E-state index is 0.177. The summed E-state index contributed by atoms with van der Waals surface area (Å²) >= 11 is 0. The van der Waals surface area contributed by atoms with Crippen LogP contribution in [0.4, 0.5) is 26.2 Å². The summed E-state index contributed by atoms with van der Waals surface area (Å²) in [5.74, 6) is -2.04. The van der Waals surface area contributed by atoms with Gasteiger partial charge >= 0.3 is 6.03 Å². The van der Waals surface area contributed by atoms with Gasteiger partial charge in [0, 0.05) is 35.9 Å². The first kappa shape index (κ1) is 29.2. The first-order valence-electron chi connectivity index (χ1n) is 14.2. The van der Waals surface area contributed by atoms with Gasteiger partial charge in [0.1, 0.15) is 5.82 Å². The number of urea groups is 1. The van der Waals surface area contributed by atoms with Crippen molar-refractivity contribution in [2.24, 2.45) is 17.6 Å². The number of ether oxygens (including phenoxy) is 1. The number of rotatable bonds is 6. The van der Waals surface area contributed by atoms with Gasteiger partial charge < -0.3 is 31.3 Å². The normalized spacial score (nSPS) is 19.0. The molecule has 2 unspecified atom stereocenters. The van der Waals surface area contributed by atoms with Crippen LogP contribution in [0.1, 0.15) is 25.8 Å². The lowest BCUT2D eigenvalue weighted by atomic mass is 9.75. The summed E-state index contributed by atoms with van der Waals surface area (Å²) in [6, 6.07) is 18.9. The molecular formula is C32H36FN5O4. The highest BCUT2D eigenvalue weighted by atomic mass is 19.1. The van der Waals surface area contributed by atoms with Gasteiger partial charge in [-0.3, -0.25) is 9.59 Å². The summed E-state index contributed by atoms with van der Waals surface area (Å²) < 4.78 is 19.1. The highest BCUT2D eigenvalue weighted by Crippen LogP contribution is 2.34. The molecule has 220 valence electrons. The van der Waals surface area contributed by atoms with Crippen LogP contribution in [0.2, 0.25) is 0 Å². The van der Waals surface area contributed by atoms with Crippen LogP contribution in [0, 0.1) is 17.7 Å². The van der Waals surface area contributed by atoms with E-state index in [1.807, 2.05) is 36.4 Å². The monoisotopic (exact) mass is 573 g/mol. The Hall–Kier alpha value is -4.28. The van der Waals surface area contributed by atoms with Crippen LogP contribution in [0.25, 0.3) is 11.1 Å². The van der Waals surface area contributed by atoms with Crippen LogP contribution < -0.4 is 21.7 Å². The van der Waals surface area contributed by atoms with E-state index in [0.717, 1.165) is 16.7 Å². The molecule has 3 atom stereocenters. The molecule has 2 aliphatic heterocycles. The Balaban J connectivity index is 1.25. The summed E-state index contributed by atoms with van der Waals surface area (Å²) in [7, 11) is 0. The second-order valence-corrected chi connectivity index (χ2v) is 11.1. The number of morpholine rings is 1. The van der Waals surface area contributed by atoms with E-state index in [1.165, 1.54) is 12.1 Å². The van der Waals surface area contributed by atoms with Crippen molar-refractivity contribution in [3.8, 4) is 11.1 Å². The van der Waals surface area contributed by atoms with E-state index in [9.17, 15) is 18.8 Å². The molecule has 2 heterocycles. The molecule has 10 heteroatoms. The quantitative estimate of drug-likeness (QED) is 0.336. The zero-order chi connectivity index (χ0) is 29.9. The number of amides is 4. The van der Waals surface area contributed by atoms with Crippen molar-refractivity contribution in [1.82, 2.24) is 4.90 Å². The number of nitrogens with two attached hydrogens (primary N) is 1. The molecule has 1 saturated heterocycles. The lowest BCUT2D eigenvalue weighted by Gasteiger charge is -2.34. The van der Waals surface area contributed by atoms with Gasteiger partial charge in [-0.05, 0) is 73.2 Å².